The highest BCUT2D eigenvalue weighted by atomic mass is 127. The summed E-state index contributed by atoms with van der Waals surface area (Å²) < 4.78 is 2.00. The number of rotatable bonds is 3. The molecule has 0 amide bonds. The summed E-state index contributed by atoms with van der Waals surface area (Å²) in [4.78, 5) is 15.3. The standard InChI is InChI=1S/C14H18N6.HI/c1-11-15-7-9-20(11)13-12(4-3-5-16-13)10-18-14-17-6-8-19(14)2;/h3-5,7,9H,6,8,10H2,1-2H3,(H,17,18);1H. The molecule has 2 aromatic heterocycles. The third kappa shape index (κ3) is 3.34. The van der Waals surface area contributed by atoms with Crippen molar-refractivity contribution in [1.29, 1.82) is 0 Å². The van der Waals surface area contributed by atoms with E-state index in [-0.39, 0.29) is 24.0 Å². The van der Waals surface area contributed by atoms with E-state index in [1.54, 1.807) is 12.4 Å². The van der Waals surface area contributed by atoms with E-state index in [4.69, 9.17) is 0 Å². The summed E-state index contributed by atoms with van der Waals surface area (Å²) in [5.74, 6) is 2.79. The summed E-state index contributed by atoms with van der Waals surface area (Å²) in [7, 11) is 2.04. The summed E-state index contributed by atoms with van der Waals surface area (Å²) in [6.07, 6.45) is 5.52. The first-order valence-corrected chi connectivity index (χ1v) is 6.69. The summed E-state index contributed by atoms with van der Waals surface area (Å²) in [5.41, 5.74) is 1.12. The fourth-order valence-electron chi connectivity index (χ4n) is 2.28. The number of hydrogen-bond acceptors (Lipinski definition) is 5. The van der Waals surface area contributed by atoms with Gasteiger partial charge < -0.3 is 10.2 Å². The van der Waals surface area contributed by atoms with Crippen LogP contribution in [0.3, 0.4) is 0 Å². The molecule has 1 N–H and O–H groups in total. The number of imidazole rings is 1. The number of aryl methyl sites for hydroxylation is 1. The van der Waals surface area contributed by atoms with Crippen LogP contribution in [0.15, 0.2) is 35.7 Å². The maximum absolute atomic E-state index is 4.48. The maximum Gasteiger partial charge on any atom is 0.194 e. The number of likely N-dealkylation sites (N-methyl/N-ethyl adjacent to an activating group) is 1. The first-order chi connectivity index (χ1) is 9.75. The van der Waals surface area contributed by atoms with Crippen molar-refractivity contribution in [2.24, 2.45) is 4.99 Å². The van der Waals surface area contributed by atoms with Gasteiger partial charge in [0.25, 0.3) is 0 Å². The number of halogens is 1. The van der Waals surface area contributed by atoms with Crippen LogP contribution in [0, 0.1) is 6.92 Å². The summed E-state index contributed by atoms with van der Waals surface area (Å²) in [6, 6.07) is 4.03. The highest BCUT2D eigenvalue weighted by Gasteiger charge is 2.13. The zero-order valence-corrected chi connectivity index (χ0v) is 14.5. The van der Waals surface area contributed by atoms with Gasteiger partial charge in [0.1, 0.15) is 11.6 Å². The Morgan fingerprint density at radius 2 is 2.14 bits per heavy atom. The molecule has 0 aromatic carbocycles. The molecule has 0 radical (unpaired) electrons. The molecule has 0 saturated heterocycles. The highest BCUT2D eigenvalue weighted by Crippen LogP contribution is 2.13. The van der Waals surface area contributed by atoms with Crippen LogP contribution in [0.4, 0.5) is 0 Å². The van der Waals surface area contributed by atoms with Crippen molar-refractivity contribution in [2.75, 3.05) is 20.1 Å². The summed E-state index contributed by atoms with van der Waals surface area (Å²) in [5, 5.41) is 3.37. The quantitative estimate of drug-likeness (QED) is 0.798. The van der Waals surface area contributed by atoms with Gasteiger partial charge in [-0.2, -0.15) is 0 Å². The fourth-order valence-corrected chi connectivity index (χ4v) is 2.28. The number of pyridine rings is 1. The van der Waals surface area contributed by atoms with E-state index in [0.29, 0.717) is 6.54 Å². The Morgan fingerprint density at radius 3 is 2.81 bits per heavy atom. The Labute approximate surface area is 141 Å². The van der Waals surface area contributed by atoms with Crippen LogP contribution in [-0.4, -0.2) is 45.5 Å². The van der Waals surface area contributed by atoms with Gasteiger partial charge in [0, 0.05) is 44.3 Å². The van der Waals surface area contributed by atoms with Crippen molar-refractivity contribution >= 4 is 29.9 Å². The molecule has 1 aliphatic heterocycles. The Kier molecular flexibility index (Phi) is 5.16. The topological polar surface area (TPSA) is 58.3 Å². The van der Waals surface area contributed by atoms with E-state index >= 15 is 0 Å². The second-order valence-electron chi connectivity index (χ2n) is 4.81. The van der Waals surface area contributed by atoms with Crippen LogP contribution in [0.25, 0.3) is 5.82 Å². The lowest BCUT2D eigenvalue weighted by atomic mass is 10.2. The zero-order valence-electron chi connectivity index (χ0n) is 12.2. The first kappa shape index (κ1) is 15.7. The Bertz CT molecular complexity index is 636. The number of nitrogens with zero attached hydrogens (tertiary/aromatic N) is 5. The molecule has 0 fully saturated rings. The SMILES string of the molecule is Cc1nccn1-c1ncccc1CNC1=NCCN1C.I. The van der Waals surface area contributed by atoms with Gasteiger partial charge in [0.05, 0.1) is 6.54 Å². The second-order valence-corrected chi connectivity index (χ2v) is 4.81. The van der Waals surface area contributed by atoms with E-state index in [2.05, 4.69) is 31.2 Å². The van der Waals surface area contributed by atoms with Crippen LogP contribution in [-0.2, 0) is 6.54 Å². The predicted molar refractivity (Wildman–Crippen MR) is 93.3 cm³/mol. The Hall–Kier alpha value is -1.64. The molecule has 7 heteroatoms. The van der Waals surface area contributed by atoms with Crippen LogP contribution in [0.1, 0.15) is 11.4 Å². The zero-order chi connectivity index (χ0) is 13.9. The van der Waals surface area contributed by atoms with Crippen molar-refractivity contribution < 1.29 is 0 Å². The largest absolute Gasteiger partial charge is 0.352 e. The average Bonchev–Trinajstić information content (AvgIpc) is 3.06. The van der Waals surface area contributed by atoms with Gasteiger partial charge >= 0.3 is 0 Å². The van der Waals surface area contributed by atoms with Crippen LogP contribution >= 0.6 is 24.0 Å². The van der Waals surface area contributed by atoms with Gasteiger partial charge in [-0.1, -0.05) is 6.07 Å². The molecule has 0 spiro atoms. The van der Waals surface area contributed by atoms with Gasteiger partial charge in [-0.15, -0.1) is 24.0 Å². The third-order valence-electron chi connectivity index (χ3n) is 3.42. The van der Waals surface area contributed by atoms with Crippen molar-refractivity contribution in [1.82, 2.24) is 24.8 Å². The molecule has 1 aliphatic rings. The molecule has 6 nitrogen and oxygen atoms in total. The van der Waals surface area contributed by atoms with Crippen LogP contribution in [0.2, 0.25) is 0 Å². The van der Waals surface area contributed by atoms with E-state index in [9.17, 15) is 0 Å². The van der Waals surface area contributed by atoms with Crippen molar-refractivity contribution in [3.05, 3.63) is 42.1 Å². The van der Waals surface area contributed by atoms with Crippen LogP contribution in [0.5, 0.6) is 0 Å². The van der Waals surface area contributed by atoms with Crippen molar-refractivity contribution in [3.8, 4) is 5.82 Å². The number of aliphatic imine (C=N–C) groups is 1. The molecule has 0 bridgehead atoms. The molecular weight excluding hydrogens is 379 g/mol. The maximum atomic E-state index is 4.48. The summed E-state index contributed by atoms with van der Waals surface area (Å²) >= 11 is 0. The third-order valence-corrected chi connectivity index (χ3v) is 3.42. The first-order valence-electron chi connectivity index (χ1n) is 6.69. The molecule has 0 atom stereocenters. The van der Waals surface area contributed by atoms with Gasteiger partial charge in [-0.25, -0.2) is 9.97 Å². The lowest BCUT2D eigenvalue weighted by Crippen LogP contribution is -2.35. The van der Waals surface area contributed by atoms with Crippen molar-refractivity contribution in [2.45, 2.75) is 13.5 Å². The molecule has 112 valence electrons. The van der Waals surface area contributed by atoms with Gasteiger partial charge in [-0.3, -0.25) is 9.56 Å². The average molecular weight is 398 g/mol. The molecule has 0 unspecified atom stereocenters. The van der Waals surface area contributed by atoms with Crippen LogP contribution < -0.4 is 5.32 Å². The normalized spacial score (nSPS) is 13.8. The molecule has 2 aromatic rings. The molecule has 0 aliphatic carbocycles. The Morgan fingerprint density at radius 1 is 1.29 bits per heavy atom. The van der Waals surface area contributed by atoms with E-state index in [1.807, 2.05) is 30.8 Å². The predicted octanol–water partition coefficient (Wildman–Crippen LogP) is 1.58. The number of hydrogen-bond donors (Lipinski definition) is 1. The molecule has 3 heterocycles. The van der Waals surface area contributed by atoms with E-state index < -0.39 is 0 Å². The van der Waals surface area contributed by atoms with Gasteiger partial charge in [-0.05, 0) is 13.0 Å². The lowest BCUT2D eigenvalue weighted by Gasteiger charge is -2.16. The minimum absolute atomic E-state index is 0. The number of aromatic nitrogens is 3. The van der Waals surface area contributed by atoms with E-state index in [1.165, 1.54) is 0 Å². The highest BCUT2D eigenvalue weighted by molar-refractivity contribution is 14.0. The molecule has 3 rings (SSSR count). The van der Waals surface area contributed by atoms with Crippen molar-refractivity contribution in [3.63, 3.8) is 0 Å². The minimum Gasteiger partial charge on any atom is -0.352 e. The number of nitrogens with one attached hydrogen (secondary N) is 1. The van der Waals surface area contributed by atoms with Gasteiger partial charge in [0.15, 0.2) is 5.96 Å². The molecule has 21 heavy (non-hydrogen) atoms. The minimum atomic E-state index is 0. The Balaban J connectivity index is 0.00000161. The monoisotopic (exact) mass is 398 g/mol. The smallest absolute Gasteiger partial charge is 0.194 e. The fraction of sp³-hybridized carbons (Fsp3) is 0.357. The van der Waals surface area contributed by atoms with E-state index in [0.717, 1.165) is 36.3 Å². The lowest BCUT2D eigenvalue weighted by molar-refractivity contribution is 0.533. The van der Waals surface area contributed by atoms with Gasteiger partial charge in [0.2, 0.25) is 0 Å². The molecule has 0 saturated carbocycles. The molecular formula is C14H19IN6. The number of guanidine groups is 1. The second kappa shape index (κ2) is 6.88. The summed E-state index contributed by atoms with van der Waals surface area (Å²) in [6.45, 7) is 4.51.